The van der Waals surface area contributed by atoms with Gasteiger partial charge in [0.2, 0.25) is 0 Å². The van der Waals surface area contributed by atoms with Gasteiger partial charge < -0.3 is 4.42 Å². The number of hydrogen-bond acceptors (Lipinski definition) is 4. The highest BCUT2D eigenvalue weighted by Crippen LogP contribution is 2.38. The molecule has 7 aromatic carbocycles. The van der Waals surface area contributed by atoms with Gasteiger partial charge in [-0.1, -0.05) is 151 Å². The maximum atomic E-state index is 9.59. The summed E-state index contributed by atoms with van der Waals surface area (Å²) in [6.07, 6.45) is 0. The molecule has 0 fully saturated rings. The summed E-state index contributed by atoms with van der Waals surface area (Å²) in [6, 6.07) is 15.0. The standard InChI is InChI=1S/C45H29N3O/c1-3-12-30(13-4-1)31-24-26-33(27-25-31)44-46-43(32-14-5-2-6-15-32)47-45(48-44)37-19-10-17-35(29-37)34-16-9-18-36(28-34)38-21-11-23-41-42(38)39-20-7-8-22-40(39)49-41/h1-29H/i7D,8D,9D,10D,11D,16D,17D,18D,19D,20D,21D,22D,23D,28D,29D. The molecule has 230 valence electrons. The van der Waals surface area contributed by atoms with E-state index < -0.39 is 124 Å². The number of hydrogen-bond donors (Lipinski definition) is 0. The topological polar surface area (TPSA) is 51.8 Å². The number of rotatable bonds is 6. The Morgan fingerprint density at radius 2 is 0.878 bits per heavy atom. The van der Waals surface area contributed by atoms with Crippen LogP contribution in [-0.2, 0) is 0 Å². The van der Waals surface area contributed by atoms with E-state index in [4.69, 9.17) is 27.2 Å². The van der Waals surface area contributed by atoms with Crippen molar-refractivity contribution in [1.29, 1.82) is 0 Å². The highest BCUT2D eigenvalue weighted by Gasteiger charge is 2.15. The fourth-order valence-corrected chi connectivity index (χ4v) is 5.50. The van der Waals surface area contributed by atoms with E-state index in [0.29, 0.717) is 11.1 Å². The van der Waals surface area contributed by atoms with Crippen molar-refractivity contribution < 1.29 is 25.0 Å². The first-order chi connectivity index (χ1) is 30.5. The van der Waals surface area contributed by atoms with E-state index in [9.17, 15) is 2.74 Å². The Morgan fingerprint density at radius 1 is 0.388 bits per heavy atom. The zero-order valence-electron chi connectivity index (χ0n) is 40.3. The molecule has 0 aliphatic rings. The average molecular weight is 643 g/mol. The van der Waals surface area contributed by atoms with Gasteiger partial charge in [-0.05, 0) is 57.6 Å². The highest BCUT2D eigenvalue weighted by molar-refractivity contribution is 6.12. The number of para-hydroxylation sites is 1. The number of furan rings is 1. The summed E-state index contributed by atoms with van der Waals surface area (Å²) < 4.78 is 139. The molecule has 0 radical (unpaired) electrons. The van der Waals surface area contributed by atoms with Crippen molar-refractivity contribution in [2.45, 2.75) is 0 Å². The van der Waals surface area contributed by atoms with E-state index in [0.717, 1.165) is 11.1 Å². The summed E-state index contributed by atoms with van der Waals surface area (Å²) in [5.41, 5.74) is -0.520. The molecule has 49 heavy (non-hydrogen) atoms. The van der Waals surface area contributed by atoms with Crippen molar-refractivity contribution >= 4 is 21.9 Å². The minimum Gasteiger partial charge on any atom is -0.456 e. The third kappa shape index (κ3) is 5.45. The second kappa shape index (κ2) is 12.2. The lowest BCUT2D eigenvalue weighted by molar-refractivity contribution is 0.669. The molecule has 0 aliphatic heterocycles. The first-order valence-electron chi connectivity index (χ1n) is 22.6. The Hall–Kier alpha value is -6.65. The molecule has 0 unspecified atom stereocenters. The molecule has 9 aromatic rings. The lowest BCUT2D eigenvalue weighted by Gasteiger charge is -2.11. The average Bonchev–Trinajstić information content (AvgIpc) is 3.71. The molecular formula is C45H29N3O. The SMILES string of the molecule is [2H]c1c([2H])c(-c2nc(-c3ccccc3)nc(-c3ccc(-c4ccccc4)cc3)n2)c([2H])c(-c2c([2H])c([2H])c([2H])c(-c3c([2H])c([2H])c([2H])c4oc5c([2H])c([2H])c([2H])c([2H])c5c34)c2[2H])c1[2H]. The zero-order chi connectivity index (χ0) is 45.6. The van der Waals surface area contributed by atoms with Crippen molar-refractivity contribution in [1.82, 2.24) is 15.0 Å². The van der Waals surface area contributed by atoms with Crippen LogP contribution in [-0.4, -0.2) is 15.0 Å². The van der Waals surface area contributed by atoms with Crippen LogP contribution in [0.5, 0.6) is 0 Å². The summed E-state index contributed by atoms with van der Waals surface area (Å²) in [5.74, 6) is 0.0390. The first kappa shape index (κ1) is 17.0. The maximum Gasteiger partial charge on any atom is 0.164 e. The highest BCUT2D eigenvalue weighted by atomic mass is 16.3. The molecule has 0 amide bonds. The molecule has 0 atom stereocenters. The van der Waals surface area contributed by atoms with E-state index >= 15 is 0 Å². The lowest BCUT2D eigenvalue weighted by atomic mass is 9.95. The summed E-state index contributed by atoms with van der Waals surface area (Å²) in [5, 5.41) is -0.632. The van der Waals surface area contributed by atoms with Gasteiger partial charge in [-0.15, -0.1) is 0 Å². The van der Waals surface area contributed by atoms with Crippen molar-refractivity contribution in [3.8, 4) is 67.5 Å². The van der Waals surface area contributed by atoms with Gasteiger partial charge in [-0.3, -0.25) is 0 Å². The fourth-order valence-electron chi connectivity index (χ4n) is 5.50. The normalized spacial score (nSPS) is 15.6. The van der Waals surface area contributed by atoms with Crippen LogP contribution in [0.2, 0.25) is 0 Å². The third-order valence-corrected chi connectivity index (χ3v) is 7.84. The van der Waals surface area contributed by atoms with Crippen molar-refractivity contribution in [2.24, 2.45) is 0 Å². The molecule has 9 rings (SSSR count). The Kier molecular flexibility index (Phi) is 4.21. The third-order valence-electron chi connectivity index (χ3n) is 7.84. The molecule has 2 aromatic heterocycles. The summed E-state index contributed by atoms with van der Waals surface area (Å²) >= 11 is 0. The van der Waals surface area contributed by atoms with E-state index in [-0.39, 0.29) is 33.8 Å². The first-order valence-corrected chi connectivity index (χ1v) is 15.1. The van der Waals surface area contributed by atoms with E-state index in [1.54, 1.807) is 42.5 Å². The van der Waals surface area contributed by atoms with Crippen LogP contribution in [0.3, 0.4) is 0 Å². The van der Waals surface area contributed by atoms with Crippen LogP contribution in [0.4, 0.5) is 0 Å². The minimum absolute atomic E-state index is 0.142. The van der Waals surface area contributed by atoms with Gasteiger partial charge in [0, 0.05) is 27.5 Å². The van der Waals surface area contributed by atoms with E-state index in [1.165, 1.54) is 0 Å². The van der Waals surface area contributed by atoms with E-state index in [2.05, 4.69) is 9.97 Å². The second-order valence-electron chi connectivity index (χ2n) is 10.9. The summed E-state index contributed by atoms with van der Waals surface area (Å²) in [4.78, 5) is 14.1. The molecule has 0 saturated heterocycles. The number of benzene rings is 7. The maximum absolute atomic E-state index is 9.59. The van der Waals surface area contributed by atoms with Gasteiger partial charge in [0.1, 0.15) is 11.2 Å². The second-order valence-corrected chi connectivity index (χ2v) is 10.9. The lowest BCUT2D eigenvalue weighted by Crippen LogP contribution is -2.00. The Balaban J connectivity index is 1.33. The summed E-state index contributed by atoms with van der Waals surface area (Å²) in [7, 11) is 0. The molecule has 2 heterocycles. The van der Waals surface area contributed by atoms with Crippen LogP contribution in [0.15, 0.2) is 180 Å². The molecule has 0 bridgehead atoms. The number of nitrogens with zero attached hydrogens (tertiary/aromatic N) is 3. The smallest absolute Gasteiger partial charge is 0.164 e. The summed E-state index contributed by atoms with van der Waals surface area (Å²) in [6.45, 7) is 0. The van der Waals surface area contributed by atoms with Gasteiger partial charge in [0.25, 0.3) is 0 Å². The van der Waals surface area contributed by atoms with Crippen LogP contribution in [0.1, 0.15) is 20.6 Å². The van der Waals surface area contributed by atoms with Crippen LogP contribution in [0.25, 0.3) is 89.5 Å². The molecule has 0 aliphatic carbocycles. The minimum atomic E-state index is -0.848. The predicted molar refractivity (Wildman–Crippen MR) is 200 cm³/mol. The van der Waals surface area contributed by atoms with Crippen molar-refractivity contribution in [3.63, 3.8) is 0 Å². The Labute approximate surface area is 305 Å². The molecule has 0 saturated carbocycles. The van der Waals surface area contributed by atoms with Crippen molar-refractivity contribution in [2.75, 3.05) is 0 Å². The number of fused-ring (bicyclic) bond motifs is 3. The van der Waals surface area contributed by atoms with Crippen LogP contribution < -0.4 is 0 Å². The monoisotopic (exact) mass is 642 g/mol. The molecular weight excluding hydrogens is 599 g/mol. The molecule has 0 spiro atoms. The fraction of sp³-hybridized carbons (Fsp3) is 0. The number of aromatic nitrogens is 3. The van der Waals surface area contributed by atoms with Crippen LogP contribution >= 0.6 is 0 Å². The zero-order valence-corrected chi connectivity index (χ0v) is 25.3. The van der Waals surface area contributed by atoms with Crippen LogP contribution in [0, 0.1) is 0 Å². The van der Waals surface area contributed by atoms with Gasteiger partial charge in [0.15, 0.2) is 17.5 Å². The predicted octanol–water partition coefficient (Wildman–Crippen LogP) is 11.8. The van der Waals surface area contributed by atoms with Gasteiger partial charge in [0.05, 0.1) is 20.6 Å². The largest absolute Gasteiger partial charge is 0.456 e. The molecule has 0 N–H and O–H groups in total. The van der Waals surface area contributed by atoms with Gasteiger partial charge in [-0.25, -0.2) is 15.0 Å². The Morgan fingerprint density at radius 3 is 1.59 bits per heavy atom. The quantitative estimate of drug-likeness (QED) is 0.181. The molecule has 4 heteroatoms. The Bertz CT molecular complexity index is 3440. The molecule has 4 nitrogen and oxygen atoms in total. The van der Waals surface area contributed by atoms with Gasteiger partial charge >= 0.3 is 0 Å². The van der Waals surface area contributed by atoms with E-state index in [1.807, 2.05) is 42.5 Å². The van der Waals surface area contributed by atoms with Gasteiger partial charge in [-0.2, -0.15) is 0 Å². The van der Waals surface area contributed by atoms with Crippen molar-refractivity contribution in [3.05, 3.63) is 176 Å².